The van der Waals surface area contributed by atoms with Gasteiger partial charge in [-0.05, 0) is 30.9 Å². The molecule has 2 aromatic rings. The van der Waals surface area contributed by atoms with Crippen molar-refractivity contribution in [3.8, 4) is 0 Å². The molecule has 1 aliphatic heterocycles. The van der Waals surface area contributed by atoms with Crippen LogP contribution in [0.4, 0.5) is 17.6 Å². The second-order valence-electron chi connectivity index (χ2n) is 6.58. The van der Waals surface area contributed by atoms with Crippen molar-refractivity contribution in [3.63, 3.8) is 0 Å². The summed E-state index contributed by atoms with van der Waals surface area (Å²) in [5.74, 6) is -1.05. The number of amides is 1. The Bertz CT molecular complexity index is 801. The second kappa shape index (κ2) is 5.44. The molecule has 3 rings (SSSR count). The first-order valence-corrected chi connectivity index (χ1v) is 7.43. The minimum atomic E-state index is -4.63. The number of nitrogens with zero attached hydrogens (tertiary/aromatic N) is 1. The maximum atomic E-state index is 13.9. The van der Waals surface area contributed by atoms with Crippen molar-refractivity contribution >= 4 is 16.7 Å². The summed E-state index contributed by atoms with van der Waals surface area (Å²) >= 11 is 0. The van der Waals surface area contributed by atoms with Crippen molar-refractivity contribution in [1.82, 2.24) is 10.4 Å². The van der Waals surface area contributed by atoms with Crippen molar-refractivity contribution in [3.05, 3.63) is 47.8 Å². The third-order valence-electron chi connectivity index (χ3n) is 4.24. The number of carbonyl (C=O) groups is 1. The van der Waals surface area contributed by atoms with Crippen LogP contribution in [0.25, 0.3) is 10.8 Å². The van der Waals surface area contributed by atoms with E-state index in [0.717, 1.165) is 5.01 Å². The van der Waals surface area contributed by atoms with Crippen molar-refractivity contribution in [2.45, 2.75) is 26.1 Å². The van der Waals surface area contributed by atoms with Gasteiger partial charge in [0.15, 0.2) is 6.04 Å². The predicted octanol–water partition coefficient (Wildman–Crippen LogP) is 3.96. The summed E-state index contributed by atoms with van der Waals surface area (Å²) in [5.41, 5.74) is 1.29. The Morgan fingerprint density at radius 2 is 1.75 bits per heavy atom. The number of hydrazine groups is 1. The van der Waals surface area contributed by atoms with Crippen LogP contribution in [-0.4, -0.2) is 23.6 Å². The topological polar surface area (TPSA) is 32.3 Å². The average molecular weight is 340 g/mol. The number of carbonyl (C=O) groups excluding carboxylic acids is 1. The fourth-order valence-electron chi connectivity index (χ4n) is 3.03. The molecule has 1 amide bonds. The van der Waals surface area contributed by atoms with Gasteiger partial charge >= 0.3 is 6.18 Å². The molecule has 0 saturated carbocycles. The second-order valence-corrected chi connectivity index (χ2v) is 6.58. The van der Waals surface area contributed by atoms with Crippen LogP contribution in [0.1, 0.15) is 25.5 Å². The monoisotopic (exact) mass is 340 g/mol. The number of rotatable bonds is 2. The smallest absolute Gasteiger partial charge is 0.287 e. The van der Waals surface area contributed by atoms with E-state index in [1.807, 2.05) is 0 Å². The Balaban J connectivity index is 2.16. The zero-order valence-electron chi connectivity index (χ0n) is 13.1. The van der Waals surface area contributed by atoms with Gasteiger partial charge in [0.25, 0.3) is 0 Å². The van der Waals surface area contributed by atoms with Crippen LogP contribution in [0.3, 0.4) is 0 Å². The van der Waals surface area contributed by atoms with E-state index in [2.05, 4.69) is 5.43 Å². The number of hydrogen-bond acceptors (Lipinski definition) is 2. The highest BCUT2D eigenvalue weighted by molar-refractivity contribution is 5.87. The molecule has 24 heavy (non-hydrogen) atoms. The van der Waals surface area contributed by atoms with E-state index < -0.39 is 29.4 Å². The molecule has 0 bridgehead atoms. The number of fused-ring (bicyclic) bond motifs is 1. The normalized spacial score (nSPS) is 19.5. The molecule has 2 aromatic carbocycles. The molecular weight excluding hydrogens is 324 g/mol. The SMILES string of the molecule is CC1(C)CN([C@@H](c2cccc3c(F)cccc23)C(F)(F)F)NC1=O. The van der Waals surface area contributed by atoms with E-state index in [-0.39, 0.29) is 22.9 Å². The van der Waals surface area contributed by atoms with Gasteiger partial charge in [0.05, 0.1) is 5.41 Å². The minimum Gasteiger partial charge on any atom is -0.287 e. The first kappa shape index (κ1) is 16.7. The average Bonchev–Trinajstić information content (AvgIpc) is 2.72. The Hall–Kier alpha value is -2.15. The van der Waals surface area contributed by atoms with Crippen molar-refractivity contribution < 1.29 is 22.4 Å². The third-order valence-corrected chi connectivity index (χ3v) is 4.24. The van der Waals surface area contributed by atoms with Crippen LogP contribution in [0.2, 0.25) is 0 Å². The molecule has 0 aromatic heterocycles. The summed E-state index contributed by atoms with van der Waals surface area (Å²) < 4.78 is 55.3. The van der Waals surface area contributed by atoms with E-state index in [4.69, 9.17) is 0 Å². The zero-order chi connectivity index (χ0) is 17.7. The molecule has 1 heterocycles. The van der Waals surface area contributed by atoms with Crippen molar-refractivity contribution in [2.75, 3.05) is 6.54 Å². The standard InChI is InChI=1S/C17H16F4N2O/c1-16(2)9-23(22-15(16)24)14(17(19,20)21)12-7-3-6-11-10(12)5-4-8-13(11)18/h3-8,14H,9H2,1-2H3,(H,22,24)/t14-/m0/s1. The van der Waals surface area contributed by atoms with Crippen LogP contribution < -0.4 is 5.43 Å². The van der Waals surface area contributed by atoms with Crippen LogP contribution in [0.5, 0.6) is 0 Å². The maximum absolute atomic E-state index is 13.9. The summed E-state index contributed by atoms with van der Waals surface area (Å²) in [4.78, 5) is 11.9. The van der Waals surface area contributed by atoms with E-state index in [0.29, 0.717) is 0 Å². The van der Waals surface area contributed by atoms with Crippen molar-refractivity contribution in [2.24, 2.45) is 5.41 Å². The lowest BCUT2D eigenvalue weighted by Gasteiger charge is -2.30. The van der Waals surface area contributed by atoms with Crippen LogP contribution >= 0.6 is 0 Å². The number of halogens is 4. The van der Waals surface area contributed by atoms with Gasteiger partial charge in [0, 0.05) is 11.9 Å². The lowest BCUT2D eigenvalue weighted by molar-refractivity contribution is -0.191. The molecular formula is C17H16F4N2O. The minimum absolute atomic E-state index is 0.0856. The first-order chi connectivity index (χ1) is 11.1. The Kier molecular flexibility index (Phi) is 3.79. The van der Waals surface area contributed by atoms with Gasteiger partial charge in [-0.2, -0.15) is 13.2 Å². The molecule has 0 aliphatic carbocycles. The quantitative estimate of drug-likeness (QED) is 0.840. The van der Waals surface area contributed by atoms with Gasteiger partial charge in [-0.25, -0.2) is 9.40 Å². The molecule has 1 saturated heterocycles. The maximum Gasteiger partial charge on any atom is 0.409 e. The Morgan fingerprint density at radius 3 is 2.33 bits per heavy atom. The largest absolute Gasteiger partial charge is 0.409 e. The number of nitrogens with one attached hydrogen (secondary N) is 1. The van der Waals surface area contributed by atoms with Gasteiger partial charge in [0.2, 0.25) is 5.91 Å². The fourth-order valence-corrected chi connectivity index (χ4v) is 3.03. The number of benzene rings is 2. The number of alkyl halides is 3. The zero-order valence-corrected chi connectivity index (χ0v) is 13.1. The highest BCUT2D eigenvalue weighted by Gasteiger charge is 2.51. The molecule has 1 atom stereocenters. The molecule has 3 nitrogen and oxygen atoms in total. The lowest BCUT2D eigenvalue weighted by atomic mass is 9.93. The van der Waals surface area contributed by atoms with Gasteiger partial charge < -0.3 is 0 Å². The predicted molar refractivity (Wildman–Crippen MR) is 81.3 cm³/mol. The first-order valence-electron chi connectivity index (χ1n) is 7.43. The third kappa shape index (κ3) is 2.73. The lowest BCUT2D eigenvalue weighted by Crippen LogP contribution is -2.43. The molecule has 0 spiro atoms. The highest BCUT2D eigenvalue weighted by Crippen LogP contribution is 2.42. The van der Waals surface area contributed by atoms with Crippen LogP contribution in [0, 0.1) is 11.2 Å². The summed E-state index contributed by atoms with van der Waals surface area (Å²) in [6.45, 7) is 3.07. The highest BCUT2D eigenvalue weighted by atomic mass is 19.4. The Morgan fingerprint density at radius 1 is 1.12 bits per heavy atom. The van der Waals surface area contributed by atoms with E-state index in [1.165, 1.54) is 36.4 Å². The van der Waals surface area contributed by atoms with Gasteiger partial charge in [-0.1, -0.05) is 30.3 Å². The fraction of sp³-hybridized carbons (Fsp3) is 0.353. The van der Waals surface area contributed by atoms with Crippen LogP contribution in [0.15, 0.2) is 36.4 Å². The van der Waals surface area contributed by atoms with Gasteiger partial charge in [0.1, 0.15) is 5.82 Å². The number of hydrogen-bond donors (Lipinski definition) is 1. The molecule has 128 valence electrons. The molecule has 1 fully saturated rings. The molecule has 0 unspecified atom stereocenters. The molecule has 1 aliphatic rings. The van der Waals surface area contributed by atoms with Gasteiger partial charge in [-0.15, -0.1) is 0 Å². The van der Waals surface area contributed by atoms with E-state index >= 15 is 0 Å². The summed E-state index contributed by atoms with van der Waals surface area (Å²) in [5, 5.41) is 1.19. The van der Waals surface area contributed by atoms with Gasteiger partial charge in [-0.3, -0.25) is 10.2 Å². The summed E-state index contributed by atoms with van der Waals surface area (Å²) in [6.07, 6.45) is -4.63. The van der Waals surface area contributed by atoms with E-state index in [9.17, 15) is 22.4 Å². The summed E-state index contributed by atoms with van der Waals surface area (Å²) in [7, 11) is 0. The van der Waals surface area contributed by atoms with E-state index in [1.54, 1.807) is 13.8 Å². The Labute approximate surface area is 136 Å². The van der Waals surface area contributed by atoms with Crippen molar-refractivity contribution in [1.29, 1.82) is 0 Å². The summed E-state index contributed by atoms with van der Waals surface area (Å²) in [6, 6.07) is 6.13. The molecule has 7 heteroatoms. The molecule has 1 N–H and O–H groups in total. The molecule has 0 radical (unpaired) electrons. The van der Waals surface area contributed by atoms with Crippen LogP contribution in [-0.2, 0) is 4.79 Å².